The van der Waals surface area contributed by atoms with Crippen molar-refractivity contribution in [1.29, 1.82) is 0 Å². The summed E-state index contributed by atoms with van der Waals surface area (Å²) in [5, 5.41) is 5.86. The molecule has 1 aromatic rings. The van der Waals surface area contributed by atoms with Gasteiger partial charge in [-0.1, -0.05) is 32.8 Å². The van der Waals surface area contributed by atoms with Crippen molar-refractivity contribution in [2.24, 2.45) is 0 Å². The van der Waals surface area contributed by atoms with Crippen molar-refractivity contribution in [3.63, 3.8) is 0 Å². The molecule has 0 aromatic heterocycles. The molecule has 0 atom stereocenters. The van der Waals surface area contributed by atoms with Gasteiger partial charge >= 0.3 is 0 Å². The maximum atomic E-state index is 12.4. The van der Waals surface area contributed by atoms with E-state index < -0.39 is 0 Å². The molecule has 0 aliphatic carbocycles. The molecular weight excluding hydrogens is 352 g/mol. The third-order valence-corrected chi connectivity index (χ3v) is 4.73. The first-order valence-corrected chi connectivity index (χ1v) is 10.5. The lowest BCUT2D eigenvalue weighted by molar-refractivity contribution is 0.0949. The van der Waals surface area contributed by atoms with Crippen LogP contribution in [0.1, 0.15) is 60.2 Å². The predicted molar refractivity (Wildman–Crippen MR) is 116 cm³/mol. The van der Waals surface area contributed by atoms with Crippen LogP contribution in [0, 0.1) is 0 Å². The zero-order chi connectivity index (χ0) is 20.8. The molecule has 0 aliphatic heterocycles. The average molecular weight is 391 g/mol. The number of amides is 2. The monoisotopic (exact) mass is 390 g/mol. The van der Waals surface area contributed by atoms with Crippen LogP contribution in [0.15, 0.2) is 24.3 Å². The van der Waals surface area contributed by atoms with Crippen LogP contribution < -0.4 is 10.6 Å². The molecule has 0 bridgehead atoms. The molecule has 0 saturated carbocycles. The van der Waals surface area contributed by atoms with E-state index in [1.54, 1.807) is 24.3 Å². The van der Waals surface area contributed by atoms with Crippen LogP contribution in [0.2, 0.25) is 0 Å². The van der Waals surface area contributed by atoms with Crippen molar-refractivity contribution >= 4 is 11.8 Å². The fourth-order valence-electron chi connectivity index (χ4n) is 2.81. The van der Waals surface area contributed by atoms with Gasteiger partial charge in [0.1, 0.15) is 0 Å². The molecule has 1 aromatic carbocycles. The second-order valence-electron chi connectivity index (χ2n) is 7.41. The number of unbranched alkanes of at least 4 members (excludes halogenated alkanes) is 2. The second-order valence-corrected chi connectivity index (χ2v) is 7.41. The summed E-state index contributed by atoms with van der Waals surface area (Å²) in [6.45, 7) is 9.24. The molecule has 0 saturated heterocycles. The van der Waals surface area contributed by atoms with E-state index in [4.69, 9.17) is 0 Å². The van der Waals surface area contributed by atoms with Gasteiger partial charge in [-0.2, -0.15) is 0 Å². The highest BCUT2D eigenvalue weighted by molar-refractivity contribution is 5.99. The quantitative estimate of drug-likeness (QED) is 0.513. The van der Waals surface area contributed by atoms with Gasteiger partial charge < -0.3 is 20.4 Å². The van der Waals surface area contributed by atoms with Crippen LogP contribution in [0.5, 0.6) is 0 Å². The summed E-state index contributed by atoms with van der Waals surface area (Å²) >= 11 is 0. The molecule has 0 aliphatic rings. The maximum Gasteiger partial charge on any atom is 0.251 e. The molecule has 158 valence electrons. The number of nitrogens with one attached hydrogen (secondary N) is 2. The Bertz CT molecular complexity index is 544. The summed E-state index contributed by atoms with van der Waals surface area (Å²) in [6.07, 6.45) is 4.66. The number of likely N-dealkylation sites (N-methyl/N-ethyl adjacent to an activating group) is 2. The van der Waals surface area contributed by atoms with Crippen LogP contribution in [-0.4, -0.2) is 75.0 Å². The summed E-state index contributed by atoms with van der Waals surface area (Å²) in [6, 6.07) is 6.90. The summed E-state index contributed by atoms with van der Waals surface area (Å²) in [7, 11) is 4.12. The van der Waals surface area contributed by atoms with Gasteiger partial charge in [0.15, 0.2) is 0 Å². The molecule has 0 heterocycles. The lowest BCUT2D eigenvalue weighted by Crippen LogP contribution is -2.34. The normalized spacial score (nSPS) is 11.1. The molecule has 2 amide bonds. The first kappa shape index (κ1) is 24.1. The van der Waals surface area contributed by atoms with E-state index in [1.165, 1.54) is 12.8 Å². The Balaban J connectivity index is 2.43. The van der Waals surface area contributed by atoms with Crippen LogP contribution in [0.3, 0.4) is 0 Å². The minimum Gasteiger partial charge on any atom is -0.351 e. The lowest BCUT2D eigenvalue weighted by atomic mass is 10.1. The Labute approximate surface area is 170 Å². The molecule has 0 spiro atoms. The standard InChI is InChI=1S/C22H38N4O2/c1-5-7-14-25(3)16-12-23-21(27)19-10-9-11-20(18-19)22(28)24-13-17-26(4)15-8-6-2/h9-11,18H,5-8,12-17H2,1-4H3,(H,23,27)(H,24,28). The Morgan fingerprint density at radius 1 is 0.786 bits per heavy atom. The largest absolute Gasteiger partial charge is 0.351 e. The maximum absolute atomic E-state index is 12.4. The first-order valence-electron chi connectivity index (χ1n) is 10.5. The smallest absolute Gasteiger partial charge is 0.251 e. The number of rotatable bonds is 14. The fourth-order valence-corrected chi connectivity index (χ4v) is 2.81. The van der Waals surface area contributed by atoms with Gasteiger partial charge in [0, 0.05) is 37.3 Å². The van der Waals surface area contributed by atoms with Gasteiger partial charge in [-0.3, -0.25) is 9.59 Å². The van der Waals surface area contributed by atoms with Crippen molar-refractivity contribution in [1.82, 2.24) is 20.4 Å². The summed E-state index contributed by atoms with van der Waals surface area (Å²) in [5.74, 6) is -0.282. The van der Waals surface area contributed by atoms with Crippen molar-refractivity contribution in [3.05, 3.63) is 35.4 Å². The number of carbonyl (C=O) groups excluding carboxylic acids is 2. The number of nitrogens with zero attached hydrogens (tertiary/aromatic N) is 2. The molecule has 6 nitrogen and oxygen atoms in total. The molecule has 0 fully saturated rings. The fraction of sp³-hybridized carbons (Fsp3) is 0.636. The highest BCUT2D eigenvalue weighted by Crippen LogP contribution is 2.05. The summed E-state index contributed by atoms with van der Waals surface area (Å²) in [5.41, 5.74) is 1.04. The Morgan fingerprint density at radius 2 is 1.21 bits per heavy atom. The van der Waals surface area contributed by atoms with Crippen molar-refractivity contribution in [3.8, 4) is 0 Å². The third-order valence-electron chi connectivity index (χ3n) is 4.73. The van der Waals surface area contributed by atoms with Gasteiger partial charge in [0.2, 0.25) is 0 Å². The Morgan fingerprint density at radius 3 is 1.61 bits per heavy atom. The van der Waals surface area contributed by atoms with Gasteiger partial charge in [0.05, 0.1) is 0 Å². The van der Waals surface area contributed by atoms with E-state index in [0.29, 0.717) is 24.2 Å². The molecule has 0 radical (unpaired) electrons. The van der Waals surface area contributed by atoms with E-state index in [-0.39, 0.29) is 11.8 Å². The SMILES string of the molecule is CCCCN(C)CCNC(=O)c1cccc(C(=O)NCCN(C)CCCC)c1. The Hall–Kier alpha value is -1.92. The highest BCUT2D eigenvalue weighted by atomic mass is 16.2. The summed E-state index contributed by atoms with van der Waals surface area (Å²) in [4.78, 5) is 29.1. The average Bonchev–Trinajstić information content (AvgIpc) is 2.70. The van der Waals surface area contributed by atoms with E-state index in [2.05, 4.69) is 48.4 Å². The zero-order valence-corrected chi connectivity index (χ0v) is 18.1. The number of hydrogen-bond acceptors (Lipinski definition) is 4. The van der Waals surface area contributed by atoms with Gasteiger partial charge in [0.25, 0.3) is 11.8 Å². The van der Waals surface area contributed by atoms with Crippen LogP contribution in [0.4, 0.5) is 0 Å². The minimum atomic E-state index is -0.141. The van der Waals surface area contributed by atoms with Crippen molar-refractivity contribution in [2.45, 2.75) is 39.5 Å². The predicted octanol–water partition coefficient (Wildman–Crippen LogP) is 2.61. The molecular formula is C22H38N4O2. The lowest BCUT2D eigenvalue weighted by Gasteiger charge is -2.17. The highest BCUT2D eigenvalue weighted by Gasteiger charge is 2.10. The van der Waals surface area contributed by atoms with Crippen LogP contribution in [0.25, 0.3) is 0 Å². The Kier molecular flexibility index (Phi) is 12.2. The minimum absolute atomic E-state index is 0.141. The topological polar surface area (TPSA) is 64.7 Å². The first-order chi connectivity index (χ1) is 13.5. The number of hydrogen-bond donors (Lipinski definition) is 2. The van der Waals surface area contributed by atoms with Crippen LogP contribution >= 0.6 is 0 Å². The van der Waals surface area contributed by atoms with Crippen molar-refractivity contribution < 1.29 is 9.59 Å². The van der Waals surface area contributed by atoms with Gasteiger partial charge in [-0.25, -0.2) is 0 Å². The zero-order valence-electron chi connectivity index (χ0n) is 18.1. The van der Waals surface area contributed by atoms with Gasteiger partial charge in [-0.15, -0.1) is 0 Å². The third kappa shape index (κ3) is 9.85. The number of benzene rings is 1. The second kappa shape index (κ2) is 14.1. The van der Waals surface area contributed by atoms with E-state index in [1.807, 2.05) is 0 Å². The summed E-state index contributed by atoms with van der Waals surface area (Å²) < 4.78 is 0. The van der Waals surface area contributed by atoms with E-state index >= 15 is 0 Å². The molecule has 28 heavy (non-hydrogen) atoms. The van der Waals surface area contributed by atoms with E-state index in [9.17, 15) is 9.59 Å². The van der Waals surface area contributed by atoms with Crippen LogP contribution in [-0.2, 0) is 0 Å². The van der Waals surface area contributed by atoms with E-state index in [0.717, 1.165) is 39.0 Å². The number of carbonyl (C=O) groups is 2. The molecule has 1 rings (SSSR count). The van der Waals surface area contributed by atoms with Gasteiger partial charge in [-0.05, 0) is 58.2 Å². The molecule has 0 unspecified atom stereocenters. The molecule has 2 N–H and O–H groups in total. The molecule has 6 heteroatoms. The van der Waals surface area contributed by atoms with Crippen molar-refractivity contribution in [2.75, 3.05) is 53.4 Å².